The van der Waals surface area contributed by atoms with E-state index in [1.165, 1.54) is 103 Å². The molecule has 1 heteroatoms. The minimum atomic E-state index is 1.05. The normalized spacial score (nSPS) is 17.7. The van der Waals surface area contributed by atoms with Gasteiger partial charge in [0, 0.05) is 0 Å². The zero-order chi connectivity index (χ0) is 14.5. The fraction of sp³-hybridized carbons (Fsp3) is 1.00. The molecule has 0 radical (unpaired) electrons. The van der Waals surface area contributed by atoms with Gasteiger partial charge in [-0.25, -0.2) is 0 Å². The summed E-state index contributed by atoms with van der Waals surface area (Å²) in [6.07, 6.45) is 20.6. The molecule has 20 heavy (non-hydrogen) atoms. The van der Waals surface area contributed by atoms with Crippen molar-refractivity contribution < 1.29 is 0 Å². The van der Waals surface area contributed by atoms with Crippen molar-refractivity contribution in [2.75, 3.05) is 20.1 Å². The Bertz CT molecular complexity index is 194. The highest BCUT2D eigenvalue weighted by Gasteiger charge is 2.15. The van der Waals surface area contributed by atoms with Gasteiger partial charge >= 0.3 is 0 Å². The third kappa shape index (κ3) is 9.80. The van der Waals surface area contributed by atoms with Crippen LogP contribution in [0.15, 0.2) is 0 Å². The minimum Gasteiger partial charge on any atom is -0.306 e. The monoisotopic (exact) mass is 281 g/mol. The molecule has 120 valence electrons. The van der Waals surface area contributed by atoms with E-state index in [4.69, 9.17) is 0 Å². The molecule has 1 rings (SSSR count). The van der Waals surface area contributed by atoms with Crippen LogP contribution in [0.1, 0.15) is 96.8 Å². The summed E-state index contributed by atoms with van der Waals surface area (Å²) in [6.45, 7) is 4.97. The van der Waals surface area contributed by atoms with Gasteiger partial charge in [0.1, 0.15) is 0 Å². The smallest absolute Gasteiger partial charge is 0.00191 e. The molecule has 0 aliphatic carbocycles. The van der Waals surface area contributed by atoms with Gasteiger partial charge in [0.05, 0.1) is 0 Å². The van der Waals surface area contributed by atoms with Crippen LogP contribution in [0.5, 0.6) is 0 Å². The van der Waals surface area contributed by atoms with Crippen molar-refractivity contribution in [2.24, 2.45) is 5.92 Å². The Balaban J connectivity index is 1.74. The predicted octanol–water partition coefficient (Wildman–Crippen LogP) is 6.03. The molecule has 1 aliphatic rings. The summed E-state index contributed by atoms with van der Waals surface area (Å²) in [5.74, 6) is 1.05. The van der Waals surface area contributed by atoms with E-state index in [0.717, 1.165) is 5.92 Å². The summed E-state index contributed by atoms with van der Waals surface area (Å²) >= 11 is 0. The number of piperidine rings is 1. The van der Waals surface area contributed by atoms with Gasteiger partial charge in [0.15, 0.2) is 0 Å². The third-order valence-electron chi connectivity index (χ3n) is 5.05. The van der Waals surface area contributed by atoms with Crippen LogP contribution < -0.4 is 0 Å². The Labute approximate surface area is 128 Å². The van der Waals surface area contributed by atoms with Crippen LogP contribution in [-0.2, 0) is 0 Å². The highest BCUT2D eigenvalue weighted by atomic mass is 15.1. The summed E-state index contributed by atoms with van der Waals surface area (Å²) in [5.41, 5.74) is 0. The van der Waals surface area contributed by atoms with Crippen LogP contribution in [0.4, 0.5) is 0 Å². The second-order valence-electron chi connectivity index (χ2n) is 7.07. The Morgan fingerprint density at radius 3 is 1.65 bits per heavy atom. The van der Waals surface area contributed by atoms with Crippen LogP contribution in [0, 0.1) is 5.92 Å². The van der Waals surface area contributed by atoms with E-state index >= 15 is 0 Å². The van der Waals surface area contributed by atoms with Gasteiger partial charge in [0.2, 0.25) is 0 Å². The highest BCUT2D eigenvalue weighted by Crippen LogP contribution is 2.22. The summed E-state index contributed by atoms with van der Waals surface area (Å²) in [7, 11) is 2.26. The van der Waals surface area contributed by atoms with Crippen LogP contribution in [0.3, 0.4) is 0 Å². The SMILES string of the molecule is CCCCCCCCCCCCCC1CCN(C)CC1. The van der Waals surface area contributed by atoms with Crippen molar-refractivity contribution in [3.63, 3.8) is 0 Å². The van der Waals surface area contributed by atoms with Crippen molar-refractivity contribution in [1.29, 1.82) is 0 Å². The molecular formula is C19H39N. The van der Waals surface area contributed by atoms with Crippen LogP contribution in [-0.4, -0.2) is 25.0 Å². The van der Waals surface area contributed by atoms with Crippen LogP contribution >= 0.6 is 0 Å². The number of hydrogen-bond acceptors (Lipinski definition) is 1. The minimum absolute atomic E-state index is 1.05. The van der Waals surface area contributed by atoms with Gasteiger partial charge in [-0.3, -0.25) is 0 Å². The largest absolute Gasteiger partial charge is 0.306 e. The van der Waals surface area contributed by atoms with E-state index in [0.29, 0.717) is 0 Å². The average molecular weight is 282 g/mol. The molecule has 1 fully saturated rings. The van der Waals surface area contributed by atoms with E-state index in [1.807, 2.05) is 0 Å². The van der Waals surface area contributed by atoms with E-state index < -0.39 is 0 Å². The lowest BCUT2D eigenvalue weighted by Crippen LogP contribution is -2.30. The van der Waals surface area contributed by atoms with Gasteiger partial charge in [0.25, 0.3) is 0 Å². The van der Waals surface area contributed by atoms with Crippen molar-refractivity contribution in [3.05, 3.63) is 0 Å². The molecule has 0 saturated carbocycles. The molecule has 0 aromatic rings. The summed E-state index contributed by atoms with van der Waals surface area (Å²) < 4.78 is 0. The molecule has 1 heterocycles. The topological polar surface area (TPSA) is 3.24 Å². The van der Waals surface area contributed by atoms with Gasteiger partial charge < -0.3 is 4.90 Å². The van der Waals surface area contributed by atoms with Gasteiger partial charge in [-0.2, -0.15) is 0 Å². The molecule has 0 unspecified atom stereocenters. The molecule has 0 bridgehead atoms. The number of hydrogen-bond donors (Lipinski definition) is 0. The zero-order valence-corrected chi connectivity index (χ0v) is 14.3. The summed E-state index contributed by atoms with van der Waals surface area (Å²) in [4.78, 5) is 2.48. The van der Waals surface area contributed by atoms with E-state index in [9.17, 15) is 0 Å². The maximum Gasteiger partial charge on any atom is -0.00191 e. The Hall–Kier alpha value is -0.0400. The number of rotatable bonds is 12. The van der Waals surface area contributed by atoms with E-state index in [2.05, 4.69) is 18.9 Å². The quantitative estimate of drug-likeness (QED) is 0.395. The number of likely N-dealkylation sites (tertiary alicyclic amines) is 1. The molecule has 0 aromatic carbocycles. The second-order valence-corrected chi connectivity index (χ2v) is 7.07. The highest BCUT2D eigenvalue weighted by molar-refractivity contribution is 4.69. The van der Waals surface area contributed by atoms with Gasteiger partial charge in [-0.05, 0) is 38.9 Å². The lowest BCUT2D eigenvalue weighted by Gasteiger charge is -2.28. The fourth-order valence-corrected chi connectivity index (χ4v) is 3.45. The van der Waals surface area contributed by atoms with Gasteiger partial charge in [-0.15, -0.1) is 0 Å². The Kier molecular flexibility index (Phi) is 11.4. The average Bonchev–Trinajstić information content (AvgIpc) is 2.47. The van der Waals surface area contributed by atoms with Gasteiger partial charge in [-0.1, -0.05) is 84.0 Å². The van der Waals surface area contributed by atoms with Crippen molar-refractivity contribution in [3.8, 4) is 0 Å². The molecule has 0 atom stereocenters. The Morgan fingerprint density at radius 1 is 0.700 bits per heavy atom. The zero-order valence-electron chi connectivity index (χ0n) is 14.3. The first-order valence-electron chi connectivity index (χ1n) is 9.51. The second kappa shape index (κ2) is 12.7. The lowest BCUT2D eigenvalue weighted by atomic mass is 9.91. The first kappa shape index (κ1) is 18.0. The molecule has 0 aromatic heterocycles. The lowest BCUT2D eigenvalue weighted by molar-refractivity contribution is 0.209. The van der Waals surface area contributed by atoms with Crippen LogP contribution in [0.25, 0.3) is 0 Å². The standard InChI is InChI=1S/C19H39N/c1-3-4-5-6-7-8-9-10-11-12-13-14-19-15-17-20(2)18-16-19/h19H,3-18H2,1-2H3. The summed E-state index contributed by atoms with van der Waals surface area (Å²) in [5, 5.41) is 0. The van der Waals surface area contributed by atoms with Crippen molar-refractivity contribution in [1.82, 2.24) is 4.90 Å². The first-order valence-corrected chi connectivity index (χ1v) is 9.51. The molecule has 0 spiro atoms. The molecular weight excluding hydrogens is 242 g/mol. The molecule has 1 aliphatic heterocycles. The predicted molar refractivity (Wildman–Crippen MR) is 91.3 cm³/mol. The molecule has 0 amide bonds. The van der Waals surface area contributed by atoms with E-state index in [-0.39, 0.29) is 0 Å². The molecule has 1 nitrogen and oxygen atoms in total. The first-order chi connectivity index (χ1) is 9.83. The maximum atomic E-state index is 2.48. The van der Waals surface area contributed by atoms with Crippen molar-refractivity contribution in [2.45, 2.75) is 96.8 Å². The third-order valence-corrected chi connectivity index (χ3v) is 5.05. The Morgan fingerprint density at radius 2 is 1.15 bits per heavy atom. The molecule has 0 N–H and O–H groups in total. The molecule has 1 saturated heterocycles. The number of unbranched alkanes of at least 4 members (excludes halogenated alkanes) is 10. The van der Waals surface area contributed by atoms with Crippen molar-refractivity contribution >= 4 is 0 Å². The maximum absolute atomic E-state index is 2.48. The van der Waals surface area contributed by atoms with Crippen LogP contribution in [0.2, 0.25) is 0 Å². The van der Waals surface area contributed by atoms with E-state index in [1.54, 1.807) is 0 Å². The summed E-state index contributed by atoms with van der Waals surface area (Å²) in [6, 6.07) is 0. The number of nitrogens with zero attached hydrogens (tertiary/aromatic N) is 1. The fourth-order valence-electron chi connectivity index (χ4n) is 3.45.